The SMILES string of the molecule is CN(C)C(=O)CN(CCCCc1ccc2c(n1)NCCC2)CC[C@H](Nc1cc(N=CC=CN)ncn1)C(=O)O. The third kappa shape index (κ3) is 9.97. The predicted octanol–water partition coefficient (Wildman–Crippen LogP) is 2.07. The highest BCUT2D eigenvalue weighted by Crippen LogP contribution is 2.20. The Morgan fingerprint density at radius 1 is 1.26 bits per heavy atom. The molecule has 210 valence electrons. The Kier molecular flexibility index (Phi) is 11.6. The number of aliphatic imine (C=N–C) groups is 1. The highest BCUT2D eigenvalue weighted by molar-refractivity contribution is 5.78. The van der Waals surface area contributed by atoms with Gasteiger partial charge in [-0.3, -0.25) is 9.69 Å². The van der Waals surface area contributed by atoms with E-state index in [1.165, 1.54) is 24.3 Å². The maximum atomic E-state index is 12.5. The van der Waals surface area contributed by atoms with E-state index in [9.17, 15) is 14.7 Å². The van der Waals surface area contributed by atoms with Crippen LogP contribution in [0.1, 0.15) is 36.9 Å². The first-order valence-electron chi connectivity index (χ1n) is 13.2. The van der Waals surface area contributed by atoms with E-state index < -0.39 is 12.0 Å². The predicted molar refractivity (Wildman–Crippen MR) is 152 cm³/mol. The van der Waals surface area contributed by atoms with E-state index in [-0.39, 0.29) is 18.9 Å². The van der Waals surface area contributed by atoms with Crippen LogP contribution in [0.25, 0.3) is 0 Å². The number of aryl methyl sites for hydroxylation is 2. The molecule has 1 atom stereocenters. The van der Waals surface area contributed by atoms with Gasteiger partial charge in [0.05, 0.1) is 6.54 Å². The fourth-order valence-electron chi connectivity index (χ4n) is 4.17. The third-order valence-corrected chi connectivity index (χ3v) is 6.38. The number of carboxylic acids is 1. The van der Waals surface area contributed by atoms with Gasteiger partial charge in [0.2, 0.25) is 5.91 Å². The van der Waals surface area contributed by atoms with Crippen molar-refractivity contribution in [1.29, 1.82) is 0 Å². The Balaban J connectivity index is 1.55. The summed E-state index contributed by atoms with van der Waals surface area (Å²) >= 11 is 0. The molecule has 0 radical (unpaired) electrons. The lowest BCUT2D eigenvalue weighted by Crippen LogP contribution is -2.40. The van der Waals surface area contributed by atoms with Gasteiger partial charge in [-0.05, 0) is 69.0 Å². The van der Waals surface area contributed by atoms with Crippen LogP contribution in [0.3, 0.4) is 0 Å². The van der Waals surface area contributed by atoms with E-state index in [0.717, 1.165) is 50.2 Å². The first kappa shape index (κ1) is 29.5. The molecule has 12 nitrogen and oxygen atoms in total. The van der Waals surface area contributed by atoms with Gasteiger partial charge in [0.25, 0.3) is 0 Å². The highest BCUT2D eigenvalue weighted by atomic mass is 16.4. The van der Waals surface area contributed by atoms with E-state index >= 15 is 0 Å². The summed E-state index contributed by atoms with van der Waals surface area (Å²) in [7, 11) is 3.44. The minimum absolute atomic E-state index is 0.0258. The van der Waals surface area contributed by atoms with Crippen molar-refractivity contribution in [2.75, 3.05) is 50.9 Å². The number of nitrogens with zero attached hydrogens (tertiary/aromatic N) is 6. The van der Waals surface area contributed by atoms with Crippen molar-refractivity contribution in [3.05, 3.63) is 48.1 Å². The number of pyridine rings is 1. The molecule has 5 N–H and O–H groups in total. The normalized spacial score (nSPS) is 13.8. The van der Waals surface area contributed by atoms with Gasteiger partial charge in [-0.1, -0.05) is 6.07 Å². The number of amides is 1. The largest absolute Gasteiger partial charge is 0.480 e. The van der Waals surface area contributed by atoms with Crippen LogP contribution in [0.15, 0.2) is 41.8 Å². The number of aromatic nitrogens is 3. The second-order valence-electron chi connectivity index (χ2n) is 9.61. The number of allylic oxidation sites excluding steroid dienone is 1. The van der Waals surface area contributed by atoms with Crippen LogP contribution in [0, 0.1) is 0 Å². The van der Waals surface area contributed by atoms with Crippen molar-refractivity contribution in [3.8, 4) is 0 Å². The van der Waals surface area contributed by atoms with E-state index in [4.69, 9.17) is 10.7 Å². The Hall–Kier alpha value is -4.06. The van der Waals surface area contributed by atoms with Crippen molar-refractivity contribution in [2.45, 2.75) is 44.6 Å². The summed E-state index contributed by atoms with van der Waals surface area (Å²) in [6, 6.07) is 4.93. The minimum Gasteiger partial charge on any atom is -0.480 e. The first-order valence-corrected chi connectivity index (χ1v) is 13.2. The summed E-state index contributed by atoms with van der Waals surface area (Å²) in [4.78, 5) is 45.1. The minimum atomic E-state index is -1.00. The van der Waals surface area contributed by atoms with Crippen molar-refractivity contribution in [1.82, 2.24) is 24.8 Å². The maximum Gasteiger partial charge on any atom is 0.326 e. The van der Waals surface area contributed by atoms with Gasteiger partial charge >= 0.3 is 5.97 Å². The number of nitrogens with one attached hydrogen (secondary N) is 2. The molecule has 0 bridgehead atoms. The number of hydrogen-bond donors (Lipinski definition) is 4. The number of unbranched alkanes of at least 4 members (excludes halogenated alkanes) is 1. The first-order chi connectivity index (χ1) is 18.9. The van der Waals surface area contributed by atoms with E-state index in [0.29, 0.717) is 24.7 Å². The zero-order valence-corrected chi connectivity index (χ0v) is 22.7. The van der Waals surface area contributed by atoms with Gasteiger partial charge in [-0.2, -0.15) is 0 Å². The van der Waals surface area contributed by atoms with Gasteiger partial charge in [0.15, 0.2) is 5.82 Å². The molecule has 2 aromatic rings. The van der Waals surface area contributed by atoms with E-state index in [1.54, 1.807) is 31.1 Å². The van der Waals surface area contributed by atoms with Gasteiger partial charge in [0.1, 0.15) is 24.0 Å². The van der Waals surface area contributed by atoms with Crippen LogP contribution in [0.2, 0.25) is 0 Å². The maximum absolute atomic E-state index is 12.5. The lowest BCUT2D eigenvalue weighted by Gasteiger charge is -2.25. The zero-order chi connectivity index (χ0) is 28.0. The number of fused-ring (bicyclic) bond motifs is 1. The van der Waals surface area contributed by atoms with Crippen LogP contribution >= 0.6 is 0 Å². The second kappa shape index (κ2) is 15.4. The van der Waals surface area contributed by atoms with Crippen molar-refractivity contribution in [2.24, 2.45) is 10.7 Å². The smallest absolute Gasteiger partial charge is 0.326 e. The van der Waals surface area contributed by atoms with Crippen molar-refractivity contribution < 1.29 is 14.7 Å². The molecule has 3 heterocycles. The Bertz CT molecular complexity index is 1150. The Morgan fingerprint density at radius 2 is 2.10 bits per heavy atom. The molecule has 1 aliphatic heterocycles. The topological polar surface area (TPSA) is 162 Å². The summed E-state index contributed by atoms with van der Waals surface area (Å²) in [5.41, 5.74) is 7.63. The van der Waals surface area contributed by atoms with Gasteiger partial charge in [-0.25, -0.2) is 24.7 Å². The van der Waals surface area contributed by atoms with Gasteiger partial charge < -0.3 is 26.4 Å². The summed E-state index contributed by atoms with van der Waals surface area (Å²) in [5.74, 6) is 0.693. The number of carbonyl (C=O) groups is 2. The molecule has 0 aliphatic carbocycles. The molecule has 39 heavy (non-hydrogen) atoms. The number of carbonyl (C=O) groups excluding carboxylic acids is 1. The Labute approximate surface area is 229 Å². The lowest BCUT2D eigenvalue weighted by atomic mass is 10.1. The molecule has 0 saturated carbocycles. The van der Waals surface area contributed by atoms with Crippen LogP contribution < -0.4 is 16.4 Å². The van der Waals surface area contributed by atoms with Gasteiger partial charge in [0, 0.05) is 45.2 Å². The Morgan fingerprint density at radius 3 is 2.87 bits per heavy atom. The molecule has 0 unspecified atom stereocenters. The number of anilines is 2. The second-order valence-corrected chi connectivity index (χ2v) is 9.61. The number of nitrogens with two attached hydrogens (primary N) is 1. The average Bonchev–Trinajstić information content (AvgIpc) is 2.93. The molecule has 3 rings (SSSR count). The fraction of sp³-hybridized carbons (Fsp3) is 0.481. The molecule has 0 aromatic carbocycles. The van der Waals surface area contributed by atoms with E-state index in [2.05, 4.69) is 37.7 Å². The molecule has 1 amide bonds. The number of hydrogen-bond acceptors (Lipinski definition) is 10. The summed E-state index contributed by atoms with van der Waals surface area (Å²) in [6.07, 6.45) is 10.8. The van der Waals surface area contributed by atoms with Crippen molar-refractivity contribution >= 4 is 35.5 Å². The lowest BCUT2D eigenvalue weighted by molar-refractivity contribution is -0.138. The average molecular weight is 538 g/mol. The fourth-order valence-corrected chi connectivity index (χ4v) is 4.17. The standard InChI is InChI=1S/C27H39N9O3/c1-35(2)25(37)18-36(15-4-3-8-21-10-9-20-7-5-13-30-26(20)33-21)16-11-22(27(38)39)34-24-17-23(31-19-32-24)29-14-6-12-28/h6,9-10,12,14,17,19,22H,3-5,7-8,11,13,15-16,18,28H2,1-2H3,(H,30,33)(H,38,39)(H,31,32,34)/t22-/m0/s1. The number of carboxylic acid groups (broad SMARTS) is 1. The summed E-state index contributed by atoms with van der Waals surface area (Å²) in [5, 5.41) is 16.1. The molecule has 0 saturated heterocycles. The van der Waals surface area contributed by atoms with Crippen LogP contribution in [0.5, 0.6) is 0 Å². The van der Waals surface area contributed by atoms with E-state index in [1.807, 2.05) is 4.90 Å². The molecular weight excluding hydrogens is 498 g/mol. The number of likely N-dealkylation sites (N-methyl/N-ethyl adjacent to an activating group) is 1. The molecule has 0 fully saturated rings. The van der Waals surface area contributed by atoms with Gasteiger partial charge in [-0.15, -0.1) is 0 Å². The van der Waals surface area contributed by atoms with Crippen LogP contribution in [-0.4, -0.2) is 94.3 Å². The van der Waals surface area contributed by atoms with Crippen LogP contribution in [0.4, 0.5) is 17.5 Å². The monoisotopic (exact) mass is 537 g/mol. The van der Waals surface area contributed by atoms with Crippen molar-refractivity contribution in [3.63, 3.8) is 0 Å². The third-order valence-electron chi connectivity index (χ3n) is 6.38. The number of rotatable bonds is 15. The zero-order valence-electron chi connectivity index (χ0n) is 22.7. The molecular formula is C27H39N9O3. The molecule has 12 heteroatoms. The molecule has 1 aliphatic rings. The quantitative estimate of drug-likeness (QED) is 0.195. The summed E-state index contributed by atoms with van der Waals surface area (Å²) < 4.78 is 0. The number of aliphatic carboxylic acids is 1. The highest BCUT2D eigenvalue weighted by Gasteiger charge is 2.21. The molecule has 2 aromatic heterocycles. The summed E-state index contributed by atoms with van der Waals surface area (Å²) in [6.45, 7) is 2.29. The molecule has 0 spiro atoms. The van der Waals surface area contributed by atoms with Crippen LogP contribution in [-0.2, 0) is 22.4 Å².